The minimum Gasteiger partial charge on any atom is -0.369 e. The molecule has 0 fully saturated rings. The third kappa shape index (κ3) is 2.52. The maximum Gasteiger partial charge on any atom is 0.203 e. The number of hydrazine groups is 1. The molecule has 0 amide bonds. The fourth-order valence-corrected chi connectivity index (χ4v) is 1.50. The maximum atomic E-state index is 5.34. The van der Waals surface area contributed by atoms with Gasteiger partial charge in [-0.3, -0.25) is 5.43 Å². The van der Waals surface area contributed by atoms with Gasteiger partial charge in [0.25, 0.3) is 0 Å². The predicted molar refractivity (Wildman–Crippen MR) is 51.7 cm³/mol. The Morgan fingerprint density at radius 3 is 3.00 bits per heavy atom. The fraction of sp³-hybridized carbons (Fsp3) is 0.286. The van der Waals surface area contributed by atoms with Gasteiger partial charge in [-0.05, 0) is 23.9 Å². The zero-order valence-electron chi connectivity index (χ0n) is 6.87. The van der Waals surface area contributed by atoms with E-state index >= 15 is 0 Å². The van der Waals surface area contributed by atoms with Crippen LogP contribution in [0.25, 0.3) is 0 Å². The molecule has 1 heterocycles. The number of aryl methyl sites for hydroxylation is 1. The van der Waals surface area contributed by atoms with Crippen molar-refractivity contribution in [3.63, 3.8) is 0 Å². The van der Waals surface area contributed by atoms with Crippen molar-refractivity contribution in [3.8, 4) is 0 Å². The molecule has 0 aromatic carbocycles. The lowest BCUT2D eigenvalue weighted by molar-refractivity contribution is 0.960. The number of nitrogens with one attached hydrogen (secondary N) is 1. The number of rotatable bonds is 2. The zero-order valence-corrected chi connectivity index (χ0v) is 7.69. The average molecular weight is 184 g/mol. The van der Waals surface area contributed by atoms with Crippen molar-refractivity contribution < 1.29 is 0 Å². The lowest BCUT2D eigenvalue weighted by Gasteiger charge is -1.96. The van der Waals surface area contributed by atoms with Crippen LogP contribution in [0.3, 0.4) is 0 Å². The van der Waals surface area contributed by atoms with E-state index < -0.39 is 0 Å². The van der Waals surface area contributed by atoms with Gasteiger partial charge in [-0.2, -0.15) is 0 Å². The molecule has 0 unspecified atom stereocenters. The highest BCUT2D eigenvalue weighted by molar-refractivity contribution is 7.10. The molecule has 0 saturated heterocycles. The highest BCUT2D eigenvalue weighted by Gasteiger charge is 1.94. The topological polar surface area (TPSA) is 76.4 Å². The van der Waals surface area contributed by atoms with Crippen molar-refractivity contribution >= 4 is 17.3 Å². The number of aliphatic imine (C=N–C) groups is 1. The molecule has 5 N–H and O–H groups in total. The van der Waals surface area contributed by atoms with Crippen molar-refractivity contribution in [2.75, 3.05) is 0 Å². The zero-order chi connectivity index (χ0) is 8.97. The van der Waals surface area contributed by atoms with Gasteiger partial charge in [0, 0.05) is 4.88 Å². The first-order valence-electron chi connectivity index (χ1n) is 3.53. The van der Waals surface area contributed by atoms with Crippen LogP contribution >= 0.6 is 11.3 Å². The smallest absolute Gasteiger partial charge is 0.203 e. The Morgan fingerprint density at radius 1 is 1.75 bits per heavy atom. The molecule has 12 heavy (non-hydrogen) atoms. The van der Waals surface area contributed by atoms with Crippen LogP contribution < -0.4 is 17.0 Å². The quantitative estimate of drug-likeness (QED) is 0.268. The lowest BCUT2D eigenvalue weighted by atomic mass is 10.3. The van der Waals surface area contributed by atoms with Crippen LogP contribution in [0.4, 0.5) is 0 Å². The van der Waals surface area contributed by atoms with E-state index in [1.54, 1.807) is 11.3 Å². The van der Waals surface area contributed by atoms with Crippen LogP contribution in [0.2, 0.25) is 0 Å². The molecule has 5 heteroatoms. The molecule has 0 saturated carbocycles. The Morgan fingerprint density at radius 2 is 2.50 bits per heavy atom. The highest BCUT2D eigenvalue weighted by atomic mass is 32.1. The molecule has 0 radical (unpaired) electrons. The van der Waals surface area contributed by atoms with Crippen molar-refractivity contribution in [3.05, 3.63) is 21.9 Å². The van der Waals surface area contributed by atoms with E-state index in [-0.39, 0.29) is 5.96 Å². The van der Waals surface area contributed by atoms with Crippen LogP contribution in [0.1, 0.15) is 10.4 Å². The lowest BCUT2D eigenvalue weighted by Crippen LogP contribution is -2.37. The summed E-state index contributed by atoms with van der Waals surface area (Å²) in [6.45, 7) is 2.64. The van der Waals surface area contributed by atoms with Gasteiger partial charge >= 0.3 is 0 Å². The van der Waals surface area contributed by atoms with Crippen LogP contribution in [0, 0.1) is 6.92 Å². The Hall–Kier alpha value is -1.07. The van der Waals surface area contributed by atoms with E-state index in [1.807, 2.05) is 0 Å². The molecule has 1 rings (SSSR count). The normalized spacial score (nSPS) is 11.7. The minimum atomic E-state index is 0.263. The van der Waals surface area contributed by atoms with Gasteiger partial charge in [-0.25, -0.2) is 10.8 Å². The van der Waals surface area contributed by atoms with E-state index in [0.717, 1.165) is 5.56 Å². The van der Waals surface area contributed by atoms with E-state index in [1.165, 1.54) is 4.88 Å². The summed E-state index contributed by atoms with van der Waals surface area (Å²) >= 11 is 1.70. The first-order chi connectivity index (χ1) is 5.72. The number of hydrogen-bond donors (Lipinski definition) is 3. The second-order valence-electron chi connectivity index (χ2n) is 2.41. The Bertz CT molecular complexity index is 279. The van der Waals surface area contributed by atoms with E-state index in [9.17, 15) is 0 Å². The van der Waals surface area contributed by atoms with Gasteiger partial charge in [0.15, 0.2) is 0 Å². The summed E-state index contributed by atoms with van der Waals surface area (Å²) in [5, 5.41) is 2.06. The molecule has 0 aliphatic heterocycles. The minimum absolute atomic E-state index is 0.263. The fourth-order valence-electron chi connectivity index (χ4n) is 0.803. The van der Waals surface area contributed by atoms with Crippen molar-refractivity contribution in [2.45, 2.75) is 13.5 Å². The predicted octanol–water partition coefficient (Wildman–Crippen LogP) is 0.335. The van der Waals surface area contributed by atoms with Gasteiger partial charge in [0.2, 0.25) is 5.96 Å². The summed E-state index contributed by atoms with van der Waals surface area (Å²) in [6.07, 6.45) is 0. The van der Waals surface area contributed by atoms with Crippen molar-refractivity contribution in [1.29, 1.82) is 0 Å². The number of thiophene rings is 1. The van der Waals surface area contributed by atoms with Crippen molar-refractivity contribution in [1.82, 2.24) is 5.43 Å². The number of nitrogens with zero attached hydrogens (tertiary/aromatic N) is 1. The molecule has 66 valence electrons. The Balaban J connectivity index is 2.53. The summed E-state index contributed by atoms with van der Waals surface area (Å²) in [5.41, 5.74) is 8.78. The van der Waals surface area contributed by atoms with Crippen LogP contribution in [0.15, 0.2) is 16.4 Å². The first kappa shape index (κ1) is 9.02. The van der Waals surface area contributed by atoms with E-state index in [2.05, 4.69) is 28.8 Å². The van der Waals surface area contributed by atoms with Crippen LogP contribution in [-0.2, 0) is 6.54 Å². The SMILES string of the molecule is Cc1cc(CN=C(N)NN)cs1. The largest absolute Gasteiger partial charge is 0.369 e. The highest BCUT2D eigenvalue weighted by Crippen LogP contribution is 2.13. The monoisotopic (exact) mass is 184 g/mol. The summed E-state index contributed by atoms with van der Waals surface area (Å²) in [5.74, 6) is 5.30. The first-order valence-corrected chi connectivity index (χ1v) is 4.41. The Labute approximate surface area is 75.3 Å². The molecule has 1 aromatic heterocycles. The van der Waals surface area contributed by atoms with Crippen molar-refractivity contribution in [2.24, 2.45) is 16.6 Å². The number of nitrogens with two attached hydrogens (primary N) is 2. The van der Waals surface area contributed by atoms with Gasteiger partial charge in [-0.1, -0.05) is 0 Å². The molecular formula is C7H12N4S. The van der Waals surface area contributed by atoms with E-state index in [0.29, 0.717) is 6.54 Å². The summed E-state index contributed by atoms with van der Waals surface area (Å²) in [6, 6.07) is 2.08. The van der Waals surface area contributed by atoms with Gasteiger partial charge < -0.3 is 5.73 Å². The molecule has 0 atom stereocenters. The third-order valence-corrected chi connectivity index (χ3v) is 2.27. The van der Waals surface area contributed by atoms with Crippen LogP contribution in [0.5, 0.6) is 0 Å². The number of hydrogen-bond acceptors (Lipinski definition) is 3. The second kappa shape index (κ2) is 4.08. The molecule has 1 aromatic rings. The van der Waals surface area contributed by atoms with Gasteiger partial charge in [-0.15, -0.1) is 11.3 Å². The van der Waals surface area contributed by atoms with Crippen LogP contribution in [-0.4, -0.2) is 5.96 Å². The molecule has 0 bridgehead atoms. The molecule has 0 aliphatic rings. The van der Waals surface area contributed by atoms with E-state index in [4.69, 9.17) is 11.6 Å². The summed E-state index contributed by atoms with van der Waals surface area (Å²) < 4.78 is 0. The average Bonchev–Trinajstić information content (AvgIpc) is 2.47. The summed E-state index contributed by atoms with van der Waals surface area (Å²) in [4.78, 5) is 5.27. The van der Waals surface area contributed by atoms with Gasteiger partial charge in [0.1, 0.15) is 0 Å². The molecule has 4 nitrogen and oxygen atoms in total. The summed E-state index contributed by atoms with van der Waals surface area (Å²) in [7, 11) is 0. The molecule has 0 aliphatic carbocycles. The third-order valence-electron chi connectivity index (χ3n) is 1.36. The van der Waals surface area contributed by atoms with Gasteiger partial charge in [0.05, 0.1) is 6.54 Å². The number of guanidine groups is 1. The maximum absolute atomic E-state index is 5.34. The standard InChI is InChI=1S/C7H12N4S/c1-5-2-6(4-12-5)3-10-7(8)11-9/h2,4H,3,9H2,1H3,(H3,8,10,11). The second-order valence-corrected chi connectivity index (χ2v) is 3.53. The Kier molecular flexibility index (Phi) is 3.07. The molecule has 0 spiro atoms. The molecular weight excluding hydrogens is 172 g/mol.